The van der Waals surface area contributed by atoms with Gasteiger partial charge in [0.05, 0.1) is 12.2 Å². The van der Waals surface area contributed by atoms with Gasteiger partial charge < -0.3 is 14.5 Å². The van der Waals surface area contributed by atoms with Crippen LogP contribution in [0.15, 0.2) is 24.3 Å². The third-order valence-corrected chi connectivity index (χ3v) is 4.12. The molecule has 1 aromatic carbocycles. The van der Waals surface area contributed by atoms with Gasteiger partial charge in [-0.2, -0.15) is 0 Å². The van der Waals surface area contributed by atoms with Crippen LogP contribution in [0.3, 0.4) is 0 Å². The number of carbonyl (C=O) groups excluding carboxylic acids is 3. The van der Waals surface area contributed by atoms with Crippen LogP contribution >= 0.6 is 11.6 Å². The zero-order valence-corrected chi connectivity index (χ0v) is 15.8. The lowest BCUT2D eigenvalue weighted by molar-refractivity contribution is 0.0317. The minimum atomic E-state index is -0.999. The quantitative estimate of drug-likeness (QED) is 0.609. The van der Waals surface area contributed by atoms with Crippen LogP contribution in [0.1, 0.15) is 56.3 Å². The monoisotopic (exact) mass is 377 g/mol. The summed E-state index contributed by atoms with van der Waals surface area (Å²) in [4.78, 5) is 39.7. The molecule has 26 heavy (non-hydrogen) atoms. The molecule has 7 heteroatoms. The molecule has 1 atom stereocenters. The molecule has 1 N–H and O–H groups in total. The van der Waals surface area contributed by atoms with E-state index in [-0.39, 0.29) is 23.6 Å². The second-order valence-electron chi connectivity index (χ2n) is 5.77. The molecular formula is C19H20ClNO5. The second-order valence-corrected chi connectivity index (χ2v) is 6.20. The number of hydrogen-bond acceptors (Lipinski definition) is 5. The largest absolute Gasteiger partial charge is 0.461 e. The third-order valence-electron chi connectivity index (χ3n) is 3.88. The number of aromatic nitrogens is 1. The van der Waals surface area contributed by atoms with Gasteiger partial charge >= 0.3 is 11.9 Å². The first kappa shape index (κ1) is 19.7. The van der Waals surface area contributed by atoms with E-state index < -0.39 is 18.0 Å². The third kappa shape index (κ3) is 4.14. The van der Waals surface area contributed by atoms with Crippen molar-refractivity contribution >= 4 is 29.3 Å². The molecule has 6 nitrogen and oxygen atoms in total. The maximum Gasteiger partial charge on any atom is 0.355 e. The van der Waals surface area contributed by atoms with Crippen molar-refractivity contribution < 1.29 is 23.9 Å². The van der Waals surface area contributed by atoms with Crippen LogP contribution in [-0.4, -0.2) is 35.4 Å². The van der Waals surface area contributed by atoms with Gasteiger partial charge in [-0.25, -0.2) is 9.59 Å². The Morgan fingerprint density at radius 1 is 1.19 bits per heavy atom. The van der Waals surface area contributed by atoms with Gasteiger partial charge in [-0.05, 0) is 45.4 Å². The van der Waals surface area contributed by atoms with E-state index in [2.05, 4.69) is 4.98 Å². The molecule has 0 aliphatic heterocycles. The molecule has 2 rings (SSSR count). The van der Waals surface area contributed by atoms with Crippen LogP contribution in [0, 0.1) is 13.8 Å². The normalized spacial score (nSPS) is 11.7. The number of halogens is 1. The Morgan fingerprint density at radius 2 is 1.88 bits per heavy atom. The van der Waals surface area contributed by atoms with Crippen LogP contribution < -0.4 is 0 Å². The summed E-state index contributed by atoms with van der Waals surface area (Å²) in [5.74, 6) is -1.60. The molecule has 0 saturated heterocycles. The summed E-state index contributed by atoms with van der Waals surface area (Å²) in [6, 6.07) is 6.42. The van der Waals surface area contributed by atoms with Crippen molar-refractivity contribution in [2.45, 2.75) is 33.8 Å². The fraction of sp³-hybridized carbons (Fsp3) is 0.316. The minimum absolute atomic E-state index is 0.199. The van der Waals surface area contributed by atoms with Crippen molar-refractivity contribution in [2.75, 3.05) is 6.61 Å². The zero-order chi connectivity index (χ0) is 19.4. The summed E-state index contributed by atoms with van der Waals surface area (Å²) in [6.45, 7) is 6.68. The Labute approximate surface area is 156 Å². The Balaban J connectivity index is 2.19. The predicted octanol–water partition coefficient (Wildman–Crippen LogP) is 3.89. The Morgan fingerprint density at radius 3 is 2.50 bits per heavy atom. The number of ether oxygens (including phenoxy) is 2. The highest BCUT2D eigenvalue weighted by Crippen LogP contribution is 2.21. The molecule has 0 aliphatic rings. The second kappa shape index (κ2) is 8.19. The van der Waals surface area contributed by atoms with Gasteiger partial charge in [0.2, 0.25) is 5.78 Å². The van der Waals surface area contributed by atoms with E-state index >= 15 is 0 Å². The highest BCUT2D eigenvalue weighted by atomic mass is 35.5. The predicted molar refractivity (Wildman–Crippen MR) is 96.9 cm³/mol. The number of Topliss-reactive ketones (excluding diaryl/α,β-unsaturated/α-hetero) is 1. The smallest absolute Gasteiger partial charge is 0.355 e. The molecule has 138 valence electrons. The first-order valence-corrected chi connectivity index (χ1v) is 8.51. The molecule has 0 fully saturated rings. The van der Waals surface area contributed by atoms with Crippen LogP contribution in [0.4, 0.5) is 0 Å². The number of nitrogens with one attached hydrogen (secondary N) is 1. The maximum absolute atomic E-state index is 12.5. The number of hydrogen-bond donors (Lipinski definition) is 1. The summed E-state index contributed by atoms with van der Waals surface area (Å²) in [5, 5.41) is 0.422. The van der Waals surface area contributed by atoms with Crippen LogP contribution in [-0.2, 0) is 9.47 Å². The fourth-order valence-electron chi connectivity index (χ4n) is 2.61. The first-order valence-electron chi connectivity index (χ1n) is 8.13. The summed E-state index contributed by atoms with van der Waals surface area (Å²) in [7, 11) is 0. The SMILES string of the molecule is CCOC(=O)c1[nH]c(C)c(C(=O)O[C@@H](C)C(=O)c2cccc(Cl)c2)c1C. The summed E-state index contributed by atoms with van der Waals surface area (Å²) in [6.07, 6.45) is -0.999. The van der Waals surface area contributed by atoms with Crippen molar-refractivity contribution in [1.29, 1.82) is 0 Å². The molecule has 0 spiro atoms. The Kier molecular flexibility index (Phi) is 6.21. The molecule has 0 bridgehead atoms. The number of aromatic amines is 1. The highest BCUT2D eigenvalue weighted by Gasteiger charge is 2.27. The topological polar surface area (TPSA) is 85.5 Å². The van der Waals surface area contributed by atoms with Crippen molar-refractivity contribution in [2.24, 2.45) is 0 Å². The van der Waals surface area contributed by atoms with Crippen molar-refractivity contribution in [1.82, 2.24) is 4.98 Å². The zero-order valence-electron chi connectivity index (χ0n) is 15.0. The van der Waals surface area contributed by atoms with E-state index in [1.54, 1.807) is 39.0 Å². The van der Waals surface area contributed by atoms with Crippen molar-refractivity contribution in [3.63, 3.8) is 0 Å². The number of carbonyl (C=O) groups is 3. The molecule has 0 unspecified atom stereocenters. The van der Waals surface area contributed by atoms with Crippen LogP contribution in [0.5, 0.6) is 0 Å². The number of ketones is 1. The highest BCUT2D eigenvalue weighted by molar-refractivity contribution is 6.31. The average Bonchev–Trinajstić information content (AvgIpc) is 2.89. The lowest BCUT2D eigenvalue weighted by Gasteiger charge is -2.13. The first-order chi connectivity index (χ1) is 12.3. The Hall–Kier alpha value is -2.60. The van der Waals surface area contributed by atoms with Gasteiger partial charge in [-0.15, -0.1) is 0 Å². The standard InChI is InChI=1S/C19H20ClNO5/c1-5-25-19(24)16-10(2)15(11(3)21-16)18(23)26-12(4)17(22)13-7-6-8-14(20)9-13/h6-9,12,21H,5H2,1-4H3/t12-/m0/s1. The Bertz CT molecular complexity index is 856. The molecular weight excluding hydrogens is 358 g/mol. The van der Waals surface area contributed by atoms with Crippen molar-refractivity contribution in [3.05, 3.63) is 57.4 Å². The van der Waals surface area contributed by atoms with Crippen LogP contribution in [0.25, 0.3) is 0 Å². The number of benzene rings is 1. The molecule has 1 heterocycles. The van der Waals surface area contributed by atoms with E-state index in [9.17, 15) is 14.4 Å². The number of aryl methyl sites for hydroxylation is 1. The summed E-state index contributed by atoms with van der Waals surface area (Å²) >= 11 is 5.89. The summed E-state index contributed by atoms with van der Waals surface area (Å²) < 4.78 is 10.3. The van der Waals surface area contributed by atoms with E-state index in [0.717, 1.165) is 0 Å². The minimum Gasteiger partial charge on any atom is -0.461 e. The fourth-order valence-corrected chi connectivity index (χ4v) is 2.80. The molecule has 0 saturated carbocycles. The van der Waals surface area contributed by atoms with E-state index in [1.807, 2.05) is 0 Å². The van der Waals surface area contributed by atoms with E-state index in [4.69, 9.17) is 21.1 Å². The average molecular weight is 378 g/mol. The van der Waals surface area contributed by atoms with Gasteiger partial charge in [-0.3, -0.25) is 4.79 Å². The molecule has 2 aromatic rings. The van der Waals surface area contributed by atoms with E-state index in [1.165, 1.54) is 13.0 Å². The van der Waals surface area contributed by atoms with Gasteiger partial charge in [0.25, 0.3) is 0 Å². The molecule has 1 aromatic heterocycles. The summed E-state index contributed by atoms with van der Waals surface area (Å²) in [5.41, 5.74) is 1.67. The molecule has 0 radical (unpaired) electrons. The van der Waals surface area contributed by atoms with Gasteiger partial charge in [0.15, 0.2) is 6.10 Å². The van der Waals surface area contributed by atoms with Gasteiger partial charge in [-0.1, -0.05) is 23.7 Å². The van der Waals surface area contributed by atoms with Gasteiger partial charge in [0, 0.05) is 16.3 Å². The number of rotatable bonds is 6. The van der Waals surface area contributed by atoms with Crippen LogP contribution in [0.2, 0.25) is 5.02 Å². The molecule has 0 aliphatic carbocycles. The number of esters is 2. The van der Waals surface area contributed by atoms with Crippen molar-refractivity contribution in [3.8, 4) is 0 Å². The molecule has 0 amide bonds. The van der Waals surface area contributed by atoms with E-state index in [0.29, 0.717) is 21.8 Å². The number of H-pyrrole nitrogens is 1. The lowest BCUT2D eigenvalue weighted by atomic mass is 10.1. The van der Waals surface area contributed by atoms with Gasteiger partial charge in [0.1, 0.15) is 5.69 Å². The lowest BCUT2D eigenvalue weighted by Crippen LogP contribution is -2.25. The maximum atomic E-state index is 12.5.